The third-order valence-electron chi connectivity index (χ3n) is 8.04. The van der Waals surface area contributed by atoms with Gasteiger partial charge in [-0.1, -0.05) is 86.0 Å². The van der Waals surface area contributed by atoms with Crippen molar-refractivity contribution in [1.82, 2.24) is 4.72 Å². The molecule has 5 rings (SSSR count). The quantitative estimate of drug-likeness (QED) is 0.112. The second-order valence-electron chi connectivity index (χ2n) is 11.5. The number of carbonyl (C=O) groups is 2. The van der Waals surface area contributed by atoms with Crippen LogP contribution < -0.4 is 20.5 Å². The van der Waals surface area contributed by atoms with Crippen LogP contribution in [0.5, 0.6) is 5.75 Å². The summed E-state index contributed by atoms with van der Waals surface area (Å²) < 4.78 is 38.9. The Morgan fingerprint density at radius 1 is 0.875 bits per heavy atom. The number of anilines is 1. The number of benzene rings is 4. The van der Waals surface area contributed by atoms with E-state index in [2.05, 4.69) is 5.32 Å². The molecule has 4 aromatic rings. The van der Waals surface area contributed by atoms with Crippen molar-refractivity contribution >= 4 is 33.4 Å². The summed E-state index contributed by atoms with van der Waals surface area (Å²) in [5, 5.41) is 14.9. The Morgan fingerprint density at radius 2 is 1.52 bits per heavy atom. The molecule has 0 saturated heterocycles. The van der Waals surface area contributed by atoms with Gasteiger partial charge in [0.15, 0.2) is 6.10 Å². The third-order valence-corrected chi connectivity index (χ3v) is 9.38. The number of nitrogens with two attached hydrogens (primary N) is 1. The number of amides is 2. The minimum atomic E-state index is -4.58. The highest BCUT2D eigenvalue weighted by Gasteiger charge is 2.30. The summed E-state index contributed by atoms with van der Waals surface area (Å²) in [4.78, 5) is 35.3. The third kappa shape index (κ3) is 9.10. The number of rotatable bonds is 13. The first-order chi connectivity index (χ1) is 23.1. The van der Waals surface area contributed by atoms with Crippen LogP contribution in [0.25, 0.3) is 11.1 Å². The van der Waals surface area contributed by atoms with Gasteiger partial charge in [-0.2, -0.15) is 0 Å². The molecule has 0 heterocycles. The van der Waals surface area contributed by atoms with Crippen molar-refractivity contribution < 1.29 is 32.4 Å². The van der Waals surface area contributed by atoms with E-state index in [1.165, 1.54) is 12.1 Å². The number of nitrogens with zero attached hydrogens (tertiary/aromatic N) is 1. The van der Waals surface area contributed by atoms with E-state index in [0.717, 1.165) is 54.9 Å². The molecule has 0 unspecified atom stereocenters. The maximum Gasteiger partial charge on any atom is 0.405 e. The van der Waals surface area contributed by atoms with Crippen molar-refractivity contribution in [3.63, 3.8) is 0 Å². The molecule has 1 aliphatic carbocycles. The van der Waals surface area contributed by atoms with Crippen molar-refractivity contribution in [3.8, 4) is 16.9 Å². The monoisotopic (exact) mass is 672 g/mol. The molecule has 0 aromatic heterocycles. The molecule has 48 heavy (non-hydrogen) atoms. The highest BCUT2D eigenvalue weighted by Crippen LogP contribution is 2.31. The van der Waals surface area contributed by atoms with Crippen molar-refractivity contribution in [2.75, 3.05) is 5.32 Å². The van der Waals surface area contributed by atoms with Crippen LogP contribution in [0.15, 0.2) is 102 Å². The molecular weight excluding hydrogens is 636 g/mol. The number of nitro groups is 1. The molecule has 1 saturated carbocycles. The maximum absolute atomic E-state index is 13.1. The molecule has 0 aliphatic heterocycles. The zero-order valence-corrected chi connectivity index (χ0v) is 26.9. The van der Waals surface area contributed by atoms with E-state index in [0.29, 0.717) is 17.9 Å². The summed E-state index contributed by atoms with van der Waals surface area (Å²) in [6.07, 6.45) is 1.73. The largest absolute Gasteiger partial charge is 0.489 e. The lowest BCUT2D eigenvalue weighted by Gasteiger charge is -2.23. The van der Waals surface area contributed by atoms with Gasteiger partial charge in [-0.25, -0.2) is 17.9 Å². The number of carbonyl (C=O) groups excluding carboxylic acids is 2. The number of hydrogen-bond acceptors (Lipinski definition) is 9. The second-order valence-corrected chi connectivity index (χ2v) is 13.2. The Labute approximate surface area is 278 Å². The van der Waals surface area contributed by atoms with E-state index >= 15 is 0 Å². The van der Waals surface area contributed by atoms with Crippen LogP contribution in [0.1, 0.15) is 43.2 Å². The lowest BCUT2D eigenvalue weighted by Crippen LogP contribution is -2.43. The summed E-state index contributed by atoms with van der Waals surface area (Å²) in [7, 11) is -4.58. The minimum Gasteiger partial charge on any atom is -0.489 e. The summed E-state index contributed by atoms with van der Waals surface area (Å²) in [6.45, 7) is 0.317. The highest BCUT2D eigenvalue weighted by atomic mass is 32.2. The summed E-state index contributed by atoms with van der Waals surface area (Å²) in [5.74, 6) is -0.617. The van der Waals surface area contributed by atoms with E-state index in [1.54, 1.807) is 24.3 Å². The van der Waals surface area contributed by atoms with Crippen molar-refractivity contribution in [2.45, 2.75) is 62.2 Å². The van der Waals surface area contributed by atoms with Crippen molar-refractivity contribution in [2.24, 2.45) is 5.73 Å². The SMILES string of the molecule is NC(=O)O[C@@H](Cc1ccc(OCc2ccc(-c3ccccc3)cc2)cc1)C(=O)NS(=O)(=O)c1ccc(NC2CCCCC2)c([N+](=O)[O-])c1. The molecule has 12 nitrogen and oxygen atoms in total. The van der Waals surface area contributed by atoms with E-state index in [4.69, 9.17) is 15.2 Å². The molecule has 1 atom stereocenters. The molecule has 0 spiro atoms. The van der Waals surface area contributed by atoms with Gasteiger partial charge in [0, 0.05) is 18.5 Å². The van der Waals surface area contributed by atoms with Gasteiger partial charge in [0.2, 0.25) is 0 Å². The first-order valence-electron chi connectivity index (χ1n) is 15.5. The van der Waals surface area contributed by atoms with Crippen LogP contribution in [0.3, 0.4) is 0 Å². The van der Waals surface area contributed by atoms with Gasteiger partial charge >= 0.3 is 6.09 Å². The van der Waals surface area contributed by atoms with E-state index in [-0.39, 0.29) is 18.2 Å². The second kappa shape index (κ2) is 15.4. The predicted octanol–water partition coefficient (Wildman–Crippen LogP) is 6.10. The fraction of sp³-hybridized carbons (Fsp3) is 0.257. The molecule has 0 radical (unpaired) electrons. The zero-order chi connectivity index (χ0) is 34.1. The first-order valence-corrected chi connectivity index (χ1v) is 17.0. The van der Waals surface area contributed by atoms with Crippen LogP contribution in [-0.4, -0.2) is 37.5 Å². The Morgan fingerprint density at radius 3 is 2.17 bits per heavy atom. The van der Waals surface area contributed by atoms with Gasteiger partial charge in [-0.3, -0.25) is 14.9 Å². The molecule has 1 aliphatic rings. The molecular formula is C35H36N4O8S. The van der Waals surface area contributed by atoms with Crippen molar-refractivity contribution in [1.29, 1.82) is 0 Å². The highest BCUT2D eigenvalue weighted by molar-refractivity contribution is 7.90. The van der Waals surface area contributed by atoms with Crippen LogP contribution in [0.4, 0.5) is 16.2 Å². The first kappa shape index (κ1) is 33.9. The molecule has 13 heteroatoms. The number of nitrogens with one attached hydrogen (secondary N) is 2. The molecule has 1 fully saturated rings. The Balaban J connectivity index is 1.21. The van der Waals surface area contributed by atoms with Crippen LogP contribution >= 0.6 is 0 Å². The smallest absolute Gasteiger partial charge is 0.405 e. The lowest BCUT2D eigenvalue weighted by atomic mass is 9.95. The van der Waals surface area contributed by atoms with Crippen LogP contribution in [0.2, 0.25) is 0 Å². The van der Waals surface area contributed by atoms with Gasteiger partial charge in [0.05, 0.1) is 9.82 Å². The number of hydrogen-bond donors (Lipinski definition) is 3. The van der Waals surface area contributed by atoms with E-state index in [1.807, 2.05) is 59.3 Å². The van der Waals surface area contributed by atoms with Crippen molar-refractivity contribution in [3.05, 3.63) is 118 Å². The standard InChI is InChI=1S/C35H36N4O8S/c36-35(41)47-33(21-24-13-17-29(18-14-24)46-23-25-11-15-27(16-12-25)26-7-3-1-4-8-26)34(40)38-48(44,45)30-19-20-31(32(22-30)39(42)43)37-28-9-5-2-6-10-28/h1,3-4,7-8,11-20,22,28,33,37H,2,5-6,9-10,21,23H2,(H2,36,41)(H,38,40)/t33-/m0/s1. The van der Waals surface area contributed by atoms with Gasteiger partial charge in [-0.05, 0) is 59.4 Å². The average Bonchev–Trinajstić information content (AvgIpc) is 3.08. The summed E-state index contributed by atoms with van der Waals surface area (Å²) in [5.41, 5.74) is 8.64. The summed E-state index contributed by atoms with van der Waals surface area (Å²) >= 11 is 0. The number of ether oxygens (including phenoxy) is 2. The number of nitro benzene ring substituents is 1. The maximum atomic E-state index is 13.1. The average molecular weight is 673 g/mol. The topological polar surface area (TPSA) is 180 Å². The lowest BCUT2D eigenvalue weighted by molar-refractivity contribution is -0.384. The van der Waals surface area contributed by atoms with Crippen LogP contribution in [0, 0.1) is 10.1 Å². The zero-order valence-electron chi connectivity index (χ0n) is 26.0. The van der Waals surface area contributed by atoms with E-state index < -0.39 is 43.6 Å². The van der Waals surface area contributed by atoms with Gasteiger partial charge < -0.3 is 20.5 Å². The van der Waals surface area contributed by atoms with Gasteiger partial charge in [-0.15, -0.1) is 0 Å². The Bertz CT molecular complexity index is 1840. The van der Waals surface area contributed by atoms with Gasteiger partial charge in [0.25, 0.3) is 21.6 Å². The Kier molecular flexibility index (Phi) is 10.9. The minimum absolute atomic E-state index is 0.0458. The van der Waals surface area contributed by atoms with Gasteiger partial charge in [0.1, 0.15) is 18.0 Å². The molecule has 0 bridgehead atoms. The Hall–Kier alpha value is -5.43. The molecule has 4 N–H and O–H groups in total. The fourth-order valence-corrected chi connectivity index (χ4v) is 6.56. The number of primary amides is 1. The molecule has 2 amide bonds. The predicted molar refractivity (Wildman–Crippen MR) is 180 cm³/mol. The van der Waals surface area contributed by atoms with Crippen LogP contribution in [-0.2, 0) is 32.6 Å². The van der Waals surface area contributed by atoms with E-state index in [9.17, 15) is 28.1 Å². The molecule has 4 aromatic carbocycles. The fourth-order valence-electron chi connectivity index (χ4n) is 5.53. The summed E-state index contributed by atoms with van der Waals surface area (Å²) in [6, 6.07) is 28.1. The normalized spacial score (nSPS) is 14.0. The number of sulfonamides is 1. The molecule has 250 valence electrons.